The number of rotatable bonds is 4. The molecule has 0 bridgehead atoms. The van der Waals surface area contributed by atoms with Gasteiger partial charge in [0.2, 0.25) is 5.91 Å². The molecule has 122 valence electrons. The molecule has 2 amide bonds. The van der Waals surface area contributed by atoms with Crippen LogP contribution in [0.1, 0.15) is 30.9 Å². The monoisotopic (exact) mass is 317 g/mol. The second kappa shape index (κ2) is 7.04. The van der Waals surface area contributed by atoms with E-state index in [0.29, 0.717) is 5.69 Å². The van der Waals surface area contributed by atoms with Gasteiger partial charge < -0.3 is 10.1 Å². The van der Waals surface area contributed by atoms with Crippen LogP contribution in [-0.4, -0.2) is 29.6 Å². The average molecular weight is 317 g/mol. The molecule has 0 fully saturated rings. The van der Waals surface area contributed by atoms with Gasteiger partial charge in [0.15, 0.2) is 6.10 Å². The van der Waals surface area contributed by atoms with Crippen LogP contribution < -0.4 is 10.7 Å². The Labute approximate surface area is 134 Å². The Morgan fingerprint density at radius 3 is 2.70 bits per heavy atom. The Hall–Kier alpha value is -2.70. The number of nitrogens with zero attached hydrogens (tertiary/aromatic N) is 1. The van der Waals surface area contributed by atoms with Gasteiger partial charge in [-0.05, 0) is 38.0 Å². The second-order valence-electron chi connectivity index (χ2n) is 5.45. The Balaban J connectivity index is 1.96. The molecule has 1 aliphatic heterocycles. The number of carbonyl (C=O) groups excluding carboxylic acids is 3. The summed E-state index contributed by atoms with van der Waals surface area (Å²) in [5, 5.41) is 6.38. The van der Waals surface area contributed by atoms with Crippen LogP contribution in [0.25, 0.3) is 0 Å². The van der Waals surface area contributed by atoms with Gasteiger partial charge in [0.05, 0.1) is 0 Å². The van der Waals surface area contributed by atoms with Crippen molar-refractivity contribution in [3.63, 3.8) is 0 Å². The van der Waals surface area contributed by atoms with E-state index in [1.807, 2.05) is 32.0 Å². The molecule has 2 N–H and O–H groups in total. The normalized spacial score (nSPS) is 15.3. The van der Waals surface area contributed by atoms with E-state index in [2.05, 4.69) is 15.8 Å². The maximum Gasteiger partial charge on any atom is 0.355 e. The molecule has 1 aromatic rings. The molecular formula is C16H19N3O4. The number of amides is 2. The number of nitrogens with one attached hydrogen (secondary N) is 2. The van der Waals surface area contributed by atoms with Crippen LogP contribution >= 0.6 is 0 Å². The molecule has 7 nitrogen and oxygen atoms in total. The first kappa shape index (κ1) is 16.7. The quantitative estimate of drug-likeness (QED) is 0.821. The Kier molecular flexibility index (Phi) is 5.10. The summed E-state index contributed by atoms with van der Waals surface area (Å²) < 4.78 is 5.10. The van der Waals surface area contributed by atoms with Crippen molar-refractivity contribution in [2.45, 2.75) is 39.7 Å². The van der Waals surface area contributed by atoms with Crippen molar-refractivity contribution in [2.75, 3.05) is 5.32 Å². The highest BCUT2D eigenvalue weighted by molar-refractivity contribution is 6.37. The summed E-state index contributed by atoms with van der Waals surface area (Å²) in [6, 6.07) is 5.70. The first-order valence-electron chi connectivity index (χ1n) is 7.31. The van der Waals surface area contributed by atoms with Gasteiger partial charge in [0.1, 0.15) is 5.71 Å². The van der Waals surface area contributed by atoms with Gasteiger partial charge in [-0.15, -0.1) is 0 Å². The van der Waals surface area contributed by atoms with E-state index in [1.54, 1.807) is 0 Å². The topological polar surface area (TPSA) is 96.9 Å². The highest BCUT2D eigenvalue weighted by Crippen LogP contribution is 2.17. The van der Waals surface area contributed by atoms with Crippen LogP contribution in [0.15, 0.2) is 23.3 Å². The Morgan fingerprint density at radius 1 is 1.30 bits per heavy atom. The first-order chi connectivity index (χ1) is 10.9. The fraction of sp³-hybridized carbons (Fsp3) is 0.375. The first-order valence-corrected chi connectivity index (χ1v) is 7.31. The molecule has 0 aliphatic carbocycles. The number of aryl methyl sites for hydroxylation is 2. The smallest absolute Gasteiger partial charge is 0.355 e. The average Bonchev–Trinajstić information content (AvgIpc) is 2.51. The van der Waals surface area contributed by atoms with E-state index >= 15 is 0 Å². The largest absolute Gasteiger partial charge is 0.448 e. The standard InChI is InChI=1S/C16H19N3O4/c1-9-4-5-10(2)13(8-9)17-15(21)11(3)23-16(22)12-6-7-14(20)19-18-12/h4-5,8,11H,6-7H2,1-3H3,(H,17,21)(H,19,20)/t11-/m1/s1. The van der Waals surface area contributed by atoms with E-state index in [-0.39, 0.29) is 24.5 Å². The maximum atomic E-state index is 12.1. The number of ether oxygens (including phenoxy) is 1. The predicted molar refractivity (Wildman–Crippen MR) is 84.9 cm³/mol. The molecule has 0 aromatic heterocycles. The summed E-state index contributed by atoms with van der Waals surface area (Å²) in [6.45, 7) is 5.29. The molecule has 1 aromatic carbocycles. The third-order valence-corrected chi connectivity index (χ3v) is 3.44. The molecule has 0 saturated carbocycles. The number of anilines is 1. The van der Waals surface area contributed by atoms with Gasteiger partial charge in [0.25, 0.3) is 5.91 Å². The summed E-state index contributed by atoms with van der Waals surface area (Å²) >= 11 is 0. The SMILES string of the molecule is Cc1ccc(C)c(NC(=O)[C@@H](C)OC(=O)C2=NNC(=O)CC2)c1. The van der Waals surface area contributed by atoms with Crippen molar-refractivity contribution in [1.82, 2.24) is 5.43 Å². The van der Waals surface area contributed by atoms with Crippen molar-refractivity contribution >= 4 is 29.2 Å². The zero-order chi connectivity index (χ0) is 17.0. The van der Waals surface area contributed by atoms with Crippen molar-refractivity contribution in [2.24, 2.45) is 5.10 Å². The van der Waals surface area contributed by atoms with Crippen LogP contribution in [0.2, 0.25) is 0 Å². The molecule has 0 unspecified atom stereocenters. The lowest BCUT2D eigenvalue weighted by atomic mass is 10.1. The maximum absolute atomic E-state index is 12.1. The lowest BCUT2D eigenvalue weighted by molar-refractivity contribution is -0.146. The van der Waals surface area contributed by atoms with Gasteiger partial charge in [-0.25, -0.2) is 10.2 Å². The van der Waals surface area contributed by atoms with E-state index in [0.717, 1.165) is 11.1 Å². The van der Waals surface area contributed by atoms with Crippen LogP contribution in [0, 0.1) is 13.8 Å². The number of hydrazone groups is 1. The minimum Gasteiger partial charge on any atom is -0.448 e. The molecular weight excluding hydrogens is 298 g/mol. The van der Waals surface area contributed by atoms with Gasteiger partial charge in [-0.3, -0.25) is 9.59 Å². The Morgan fingerprint density at radius 2 is 2.04 bits per heavy atom. The molecule has 2 rings (SSSR count). The number of benzene rings is 1. The summed E-state index contributed by atoms with van der Waals surface area (Å²) in [6.07, 6.45) is -0.588. The molecule has 1 heterocycles. The molecule has 23 heavy (non-hydrogen) atoms. The molecule has 0 radical (unpaired) electrons. The fourth-order valence-corrected chi connectivity index (χ4v) is 2.01. The minimum atomic E-state index is -0.970. The van der Waals surface area contributed by atoms with Crippen molar-refractivity contribution < 1.29 is 19.1 Å². The predicted octanol–water partition coefficient (Wildman–Crippen LogP) is 1.44. The number of carbonyl (C=O) groups is 3. The van der Waals surface area contributed by atoms with Crippen molar-refractivity contribution in [1.29, 1.82) is 0 Å². The summed E-state index contributed by atoms with van der Waals surface area (Å²) in [5.74, 6) is -1.37. The molecule has 1 atom stereocenters. The summed E-state index contributed by atoms with van der Waals surface area (Å²) in [4.78, 5) is 35.0. The van der Waals surface area contributed by atoms with E-state index in [1.165, 1.54) is 6.92 Å². The molecule has 0 saturated heterocycles. The van der Waals surface area contributed by atoms with Gasteiger partial charge in [-0.1, -0.05) is 12.1 Å². The highest BCUT2D eigenvalue weighted by atomic mass is 16.5. The number of hydrogen-bond donors (Lipinski definition) is 2. The third kappa shape index (κ3) is 4.38. The molecule has 7 heteroatoms. The van der Waals surface area contributed by atoms with Crippen molar-refractivity contribution in [3.8, 4) is 0 Å². The van der Waals surface area contributed by atoms with Crippen LogP contribution in [0.4, 0.5) is 5.69 Å². The summed E-state index contributed by atoms with van der Waals surface area (Å²) in [7, 11) is 0. The number of esters is 1. The fourth-order valence-electron chi connectivity index (χ4n) is 2.01. The Bertz CT molecular complexity index is 682. The lowest BCUT2D eigenvalue weighted by Crippen LogP contribution is -2.35. The van der Waals surface area contributed by atoms with E-state index < -0.39 is 18.0 Å². The zero-order valence-electron chi connectivity index (χ0n) is 13.3. The second-order valence-corrected chi connectivity index (χ2v) is 5.45. The minimum absolute atomic E-state index is 0.107. The van der Waals surface area contributed by atoms with E-state index in [9.17, 15) is 14.4 Å². The molecule has 1 aliphatic rings. The van der Waals surface area contributed by atoms with Crippen LogP contribution in [0.3, 0.4) is 0 Å². The van der Waals surface area contributed by atoms with Gasteiger partial charge in [0, 0.05) is 18.5 Å². The number of hydrogen-bond acceptors (Lipinski definition) is 5. The highest BCUT2D eigenvalue weighted by Gasteiger charge is 2.24. The van der Waals surface area contributed by atoms with Crippen LogP contribution in [-0.2, 0) is 19.1 Å². The van der Waals surface area contributed by atoms with Crippen molar-refractivity contribution in [3.05, 3.63) is 29.3 Å². The lowest BCUT2D eigenvalue weighted by Gasteiger charge is -2.16. The summed E-state index contributed by atoms with van der Waals surface area (Å²) in [5.41, 5.74) is 4.94. The molecule has 0 spiro atoms. The van der Waals surface area contributed by atoms with E-state index in [4.69, 9.17) is 4.74 Å². The van der Waals surface area contributed by atoms with Gasteiger partial charge >= 0.3 is 5.97 Å². The van der Waals surface area contributed by atoms with Gasteiger partial charge in [-0.2, -0.15) is 5.10 Å². The third-order valence-electron chi connectivity index (χ3n) is 3.44. The van der Waals surface area contributed by atoms with Crippen LogP contribution in [0.5, 0.6) is 0 Å². The zero-order valence-corrected chi connectivity index (χ0v) is 13.3.